The lowest BCUT2D eigenvalue weighted by Crippen LogP contribution is -2.08. The van der Waals surface area contributed by atoms with Crippen molar-refractivity contribution in [1.29, 1.82) is 0 Å². The largest absolute Gasteiger partial charge is 0.369 e. The fraction of sp³-hybridized carbons (Fsp3) is 0.400. The second-order valence-corrected chi connectivity index (χ2v) is 5.69. The number of hydrogen-bond acceptors (Lipinski definition) is 4. The summed E-state index contributed by atoms with van der Waals surface area (Å²) in [7, 11) is 0. The molecule has 0 bridgehead atoms. The standard InChI is InChI=1S/C15H19IN4/c1-4-7-18-15-13(16)10(3)19-14(20-15)12-6-8-17-9-11(12)5-2/h6,8-9H,4-5,7H2,1-3H3,(H,18,19,20). The normalized spacial score (nSPS) is 10.6. The molecule has 1 N–H and O–H groups in total. The van der Waals surface area contributed by atoms with Crippen LogP contribution in [0.3, 0.4) is 0 Å². The molecule has 2 rings (SSSR count). The van der Waals surface area contributed by atoms with Crippen molar-refractivity contribution in [3.05, 3.63) is 33.3 Å². The van der Waals surface area contributed by atoms with E-state index in [2.05, 4.69) is 51.7 Å². The summed E-state index contributed by atoms with van der Waals surface area (Å²) in [4.78, 5) is 13.5. The van der Waals surface area contributed by atoms with Crippen LogP contribution in [-0.4, -0.2) is 21.5 Å². The second kappa shape index (κ2) is 6.97. The molecule has 2 aromatic heterocycles. The zero-order chi connectivity index (χ0) is 14.5. The number of aromatic nitrogens is 3. The highest BCUT2D eigenvalue weighted by Gasteiger charge is 2.12. The van der Waals surface area contributed by atoms with Crippen molar-refractivity contribution < 1.29 is 0 Å². The Kier molecular flexibility index (Phi) is 5.28. The molecule has 2 heterocycles. The van der Waals surface area contributed by atoms with Gasteiger partial charge in [-0.2, -0.15) is 0 Å². The summed E-state index contributed by atoms with van der Waals surface area (Å²) >= 11 is 2.30. The lowest BCUT2D eigenvalue weighted by atomic mass is 10.1. The number of halogens is 1. The van der Waals surface area contributed by atoms with E-state index >= 15 is 0 Å². The SMILES string of the molecule is CCCNc1nc(-c2ccncc2CC)nc(C)c1I. The monoisotopic (exact) mass is 382 g/mol. The molecule has 106 valence electrons. The van der Waals surface area contributed by atoms with Gasteiger partial charge in [-0.1, -0.05) is 13.8 Å². The van der Waals surface area contributed by atoms with Crippen LogP contribution in [0.4, 0.5) is 5.82 Å². The van der Waals surface area contributed by atoms with Gasteiger partial charge in [-0.3, -0.25) is 4.98 Å². The number of pyridine rings is 1. The molecule has 0 unspecified atom stereocenters. The van der Waals surface area contributed by atoms with Gasteiger partial charge in [0.15, 0.2) is 5.82 Å². The molecule has 0 saturated heterocycles. The molecule has 0 atom stereocenters. The van der Waals surface area contributed by atoms with Crippen molar-refractivity contribution in [2.24, 2.45) is 0 Å². The van der Waals surface area contributed by atoms with Crippen LogP contribution in [0, 0.1) is 10.5 Å². The van der Waals surface area contributed by atoms with E-state index in [1.54, 1.807) is 6.20 Å². The quantitative estimate of drug-likeness (QED) is 0.799. The van der Waals surface area contributed by atoms with Crippen LogP contribution < -0.4 is 5.32 Å². The van der Waals surface area contributed by atoms with Gasteiger partial charge in [-0.15, -0.1) is 0 Å². The van der Waals surface area contributed by atoms with Crippen LogP contribution in [-0.2, 0) is 6.42 Å². The number of rotatable bonds is 5. The molecule has 0 aliphatic heterocycles. The molecule has 2 aromatic rings. The summed E-state index contributed by atoms with van der Waals surface area (Å²) in [5.41, 5.74) is 3.25. The first-order chi connectivity index (χ1) is 9.67. The van der Waals surface area contributed by atoms with E-state index < -0.39 is 0 Å². The number of anilines is 1. The Morgan fingerprint density at radius 3 is 2.75 bits per heavy atom. The topological polar surface area (TPSA) is 50.7 Å². The second-order valence-electron chi connectivity index (χ2n) is 4.61. The Morgan fingerprint density at radius 2 is 2.05 bits per heavy atom. The van der Waals surface area contributed by atoms with Gasteiger partial charge in [0.1, 0.15) is 5.82 Å². The molecule has 0 aliphatic carbocycles. The van der Waals surface area contributed by atoms with Gasteiger partial charge in [0.05, 0.1) is 9.26 Å². The fourth-order valence-electron chi connectivity index (χ4n) is 1.97. The van der Waals surface area contributed by atoms with Crippen molar-refractivity contribution in [2.45, 2.75) is 33.6 Å². The van der Waals surface area contributed by atoms with Crippen LogP contribution >= 0.6 is 22.6 Å². The minimum absolute atomic E-state index is 0.778. The third-order valence-corrected chi connectivity index (χ3v) is 4.38. The van der Waals surface area contributed by atoms with Gasteiger partial charge < -0.3 is 5.32 Å². The van der Waals surface area contributed by atoms with Crippen LogP contribution in [0.1, 0.15) is 31.5 Å². The van der Waals surface area contributed by atoms with Gasteiger partial charge in [0.2, 0.25) is 0 Å². The molecule has 0 amide bonds. The average molecular weight is 382 g/mol. The maximum absolute atomic E-state index is 4.69. The molecule has 0 saturated carbocycles. The molecule has 0 spiro atoms. The third-order valence-electron chi connectivity index (χ3n) is 3.08. The van der Waals surface area contributed by atoms with Crippen LogP contribution in [0.25, 0.3) is 11.4 Å². The number of nitrogens with zero attached hydrogens (tertiary/aromatic N) is 3. The molecule has 5 heteroatoms. The van der Waals surface area contributed by atoms with E-state index in [4.69, 9.17) is 4.98 Å². The Labute approximate surface area is 133 Å². The Balaban J connectivity index is 2.49. The van der Waals surface area contributed by atoms with Crippen LogP contribution in [0.2, 0.25) is 0 Å². The van der Waals surface area contributed by atoms with Gasteiger partial charge in [0, 0.05) is 24.5 Å². The molecule has 4 nitrogen and oxygen atoms in total. The highest BCUT2D eigenvalue weighted by atomic mass is 127. The van der Waals surface area contributed by atoms with Gasteiger partial charge in [-0.05, 0) is 54.0 Å². The van der Waals surface area contributed by atoms with Gasteiger partial charge in [-0.25, -0.2) is 9.97 Å². The van der Waals surface area contributed by atoms with Crippen molar-refractivity contribution >= 4 is 28.4 Å². The summed E-state index contributed by atoms with van der Waals surface area (Å²) in [5.74, 6) is 1.70. The maximum atomic E-state index is 4.69. The summed E-state index contributed by atoms with van der Waals surface area (Å²) in [5, 5.41) is 3.38. The minimum Gasteiger partial charge on any atom is -0.369 e. The predicted molar refractivity (Wildman–Crippen MR) is 90.9 cm³/mol. The van der Waals surface area contributed by atoms with Crippen molar-refractivity contribution in [3.63, 3.8) is 0 Å². The molecule has 0 aromatic carbocycles. The smallest absolute Gasteiger partial charge is 0.162 e. The van der Waals surface area contributed by atoms with E-state index in [0.29, 0.717) is 0 Å². The number of nitrogens with one attached hydrogen (secondary N) is 1. The predicted octanol–water partition coefficient (Wildman–Crippen LogP) is 3.84. The van der Waals surface area contributed by atoms with Crippen LogP contribution in [0.5, 0.6) is 0 Å². The first-order valence-electron chi connectivity index (χ1n) is 6.88. The molecule has 0 fully saturated rings. The van der Waals surface area contributed by atoms with E-state index in [0.717, 1.165) is 45.9 Å². The first-order valence-corrected chi connectivity index (χ1v) is 7.96. The number of aryl methyl sites for hydroxylation is 2. The third kappa shape index (κ3) is 3.26. The summed E-state index contributed by atoms with van der Waals surface area (Å²) in [6, 6.07) is 1.99. The van der Waals surface area contributed by atoms with Crippen molar-refractivity contribution in [2.75, 3.05) is 11.9 Å². The Morgan fingerprint density at radius 1 is 1.25 bits per heavy atom. The maximum Gasteiger partial charge on any atom is 0.162 e. The highest BCUT2D eigenvalue weighted by molar-refractivity contribution is 14.1. The van der Waals surface area contributed by atoms with E-state index in [1.165, 1.54) is 5.56 Å². The average Bonchev–Trinajstić information content (AvgIpc) is 2.48. The van der Waals surface area contributed by atoms with Crippen molar-refractivity contribution in [3.8, 4) is 11.4 Å². The van der Waals surface area contributed by atoms with Crippen LogP contribution in [0.15, 0.2) is 18.5 Å². The molecule has 20 heavy (non-hydrogen) atoms. The fourth-order valence-corrected chi connectivity index (χ4v) is 2.40. The number of hydrogen-bond donors (Lipinski definition) is 1. The zero-order valence-corrected chi connectivity index (χ0v) is 14.2. The molecule has 0 aliphatic rings. The minimum atomic E-state index is 0.778. The lowest BCUT2D eigenvalue weighted by molar-refractivity contribution is 0.957. The van der Waals surface area contributed by atoms with Gasteiger partial charge in [0.25, 0.3) is 0 Å². The molecular formula is C15H19IN4. The van der Waals surface area contributed by atoms with Gasteiger partial charge >= 0.3 is 0 Å². The summed E-state index contributed by atoms with van der Waals surface area (Å²) < 4.78 is 1.09. The molecule has 0 radical (unpaired) electrons. The first kappa shape index (κ1) is 15.2. The Bertz CT molecular complexity index is 598. The lowest BCUT2D eigenvalue weighted by Gasteiger charge is -2.12. The highest BCUT2D eigenvalue weighted by Crippen LogP contribution is 2.25. The van der Waals surface area contributed by atoms with E-state index in [-0.39, 0.29) is 0 Å². The Hall–Kier alpha value is -1.24. The van der Waals surface area contributed by atoms with E-state index in [9.17, 15) is 0 Å². The summed E-state index contributed by atoms with van der Waals surface area (Å²) in [6.45, 7) is 7.21. The summed E-state index contributed by atoms with van der Waals surface area (Å²) in [6.07, 6.45) is 5.69. The molecular weight excluding hydrogens is 363 g/mol. The zero-order valence-electron chi connectivity index (χ0n) is 12.1. The van der Waals surface area contributed by atoms with E-state index in [1.807, 2.05) is 19.2 Å². The van der Waals surface area contributed by atoms with Crippen molar-refractivity contribution in [1.82, 2.24) is 15.0 Å².